The van der Waals surface area contributed by atoms with E-state index in [9.17, 15) is 10.2 Å². The largest absolute Gasteiger partial charge is 0.508 e. The highest BCUT2D eigenvalue weighted by Crippen LogP contribution is 2.49. The molecule has 2 heteroatoms. The molecule has 2 aliphatic rings. The summed E-state index contributed by atoms with van der Waals surface area (Å²) < 4.78 is 0. The van der Waals surface area contributed by atoms with Crippen LogP contribution in [0.1, 0.15) is 36.1 Å². The molecule has 0 amide bonds. The van der Waals surface area contributed by atoms with E-state index in [0.29, 0.717) is 11.5 Å². The van der Waals surface area contributed by atoms with E-state index in [1.165, 1.54) is 43.1 Å². The molecule has 0 bridgehead atoms. The quantitative estimate of drug-likeness (QED) is 0.259. The predicted molar refractivity (Wildman–Crippen MR) is 162 cm³/mol. The molecule has 190 valence electrons. The van der Waals surface area contributed by atoms with E-state index in [0.717, 1.165) is 35.1 Å². The van der Waals surface area contributed by atoms with Crippen molar-refractivity contribution in [2.45, 2.75) is 32.1 Å². The second kappa shape index (κ2) is 8.74. The van der Waals surface area contributed by atoms with Crippen LogP contribution in [0.4, 0.5) is 0 Å². The van der Waals surface area contributed by atoms with Gasteiger partial charge in [-0.25, -0.2) is 0 Å². The van der Waals surface area contributed by atoms with Gasteiger partial charge >= 0.3 is 0 Å². The molecule has 2 N–H and O–H groups in total. The molecular formula is C37H30O2. The minimum absolute atomic E-state index is 0.326. The molecular weight excluding hydrogens is 476 g/mol. The Hall–Kier alpha value is -4.56. The fraction of sp³-hybridized carbons (Fsp3) is 0.135. The molecule has 0 saturated heterocycles. The number of aryl methyl sites for hydroxylation is 2. The zero-order valence-corrected chi connectivity index (χ0v) is 22.2. The van der Waals surface area contributed by atoms with Crippen molar-refractivity contribution in [1.29, 1.82) is 0 Å². The van der Waals surface area contributed by atoms with Gasteiger partial charge in [-0.1, -0.05) is 105 Å². The lowest BCUT2D eigenvalue weighted by Gasteiger charge is -2.37. The van der Waals surface area contributed by atoms with E-state index < -0.39 is 5.41 Å². The molecule has 2 aliphatic carbocycles. The molecule has 7 rings (SSSR count). The number of fused-ring (bicyclic) bond motifs is 7. The van der Waals surface area contributed by atoms with Crippen LogP contribution >= 0.6 is 0 Å². The number of rotatable bonds is 4. The summed E-state index contributed by atoms with van der Waals surface area (Å²) in [4.78, 5) is 0. The Balaban J connectivity index is 1.72. The summed E-state index contributed by atoms with van der Waals surface area (Å²) in [6, 6.07) is 29.5. The Morgan fingerprint density at radius 2 is 1.18 bits per heavy atom. The van der Waals surface area contributed by atoms with Gasteiger partial charge in [-0.2, -0.15) is 0 Å². The van der Waals surface area contributed by atoms with Crippen LogP contribution in [0, 0.1) is 0 Å². The summed E-state index contributed by atoms with van der Waals surface area (Å²) in [6.07, 6.45) is 10.5. The van der Waals surface area contributed by atoms with E-state index in [4.69, 9.17) is 0 Å². The van der Waals surface area contributed by atoms with Gasteiger partial charge in [0.15, 0.2) is 0 Å². The number of hydrogen-bond acceptors (Lipinski definition) is 2. The molecule has 0 atom stereocenters. The van der Waals surface area contributed by atoms with Crippen molar-refractivity contribution < 1.29 is 10.2 Å². The maximum atomic E-state index is 10.6. The predicted octanol–water partition coefficient (Wildman–Crippen LogP) is 6.96. The maximum Gasteiger partial charge on any atom is 0.118 e. The van der Waals surface area contributed by atoms with Crippen molar-refractivity contribution in [1.82, 2.24) is 0 Å². The van der Waals surface area contributed by atoms with Crippen LogP contribution in [0.15, 0.2) is 109 Å². The van der Waals surface area contributed by atoms with Crippen molar-refractivity contribution >= 4 is 33.2 Å². The SMILES string of the molecule is CCc1cc(C2(c3ccc(O)c(CC)c3)C=CC=C3C=c4c(c5ccccc5c5ccccc45)=C32)ccc1O. The Kier molecular flexibility index (Phi) is 5.28. The zero-order valence-electron chi connectivity index (χ0n) is 22.2. The summed E-state index contributed by atoms with van der Waals surface area (Å²) in [5.41, 5.74) is 5.93. The number of benzene rings is 5. The number of aromatic hydroxyl groups is 2. The molecule has 5 aromatic rings. The first-order valence-electron chi connectivity index (χ1n) is 13.8. The van der Waals surface area contributed by atoms with Gasteiger partial charge in [0.2, 0.25) is 0 Å². The highest BCUT2D eigenvalue weighted by atomic mass is 16.3. The van der Waals surface area contributed by atoms with Crippen molar-refractivity contribution in [2.24, 2.45) is 0 Å². The topological polar surface area (TPSA) is 40.5 Å². The Morgan fingerprint density at radius 3 is 1.77 bits per heavy atom. The number of hydrogen-bond donors (Lipinski definition) is 2. The van der Waals surface area contributed by atoms with Gasteiger partial charge in [0.1, 0.15) is 11.5 Å². The number of allylic oxidation sites excluding steroid dienone is 4. The lowest BCUT2D eigenvalue weighted by molar-refractivity contribution is 0.468. The van der Waals surface area contributed by atoms with Gasteiger partial charge in [0, 0.05) is 0 Å². The summed E-state index contributed by atoms with van der Waals surface area (Å²) in [6.45, 7) is 4.16. The van der Waals surface area contributed by atoms with Gasteiger partial charge in [-0.15, -0.1) is 0 Å². The molecule has 0 aliphatic heterocycles. The second-order valence-electron chi connectivity index (χ2n) is 10.6. The van der Waals surface area contributed by atoms with Gasteiger partial charge in [0.05, 0.1) is 5.41 Å². The summed E-state index contributed by atoms with van der Waals surface area (Å²) in [5.74, 6) is 0.651. The first kappa shape index (κ1) is 23.5. The van der Waals surface area contributed by atoms with E-state index in [2.05, 4.69) is 111 Å². The fourth-order valence-corrected chi connectivity index (χ4v) is 6.77. The van der Waals surface area contributed by atoms with Crippen LogP contribution < -0.4 is 10.4 Å². The molecule has 0 heterocycles. The molecule has 5 aromatic carbocycles. The van der Waals surface area contributed by atoms with Crippen molar-refractivity contribution in [2.75, 3.05) is 0 Å². The third kappa shape index (κ3) is 3.28. The van der Waals surface area contributed by atoms with Crippen LogP contribution in [0.2, 0.25) is 0 Å². The molecule has 39 heavy (non-hydrogen) atoms. The van der Waals surface area contributed by atoms with Crippen LogP contribution in [0.3, 0.4) is 0 Å². The standard InChI is InChI=1S/C37H30O2/c1-3-23-20-26(15-17-33(23)38)37(27-16-18-34(39)24(4-2)21-27)19-9-10-25-22-32-30-13-6-5-11-28(30)29-12-7-8-14-31(29)35(32)36(25)37/h5-22,38-39H,3-4H2,1-2H3. The van der Waals surface area contributed by atoms with Crippen molar-refractivity contribution in [3.05, 3.63) is 141 Å². The van der Waals surface area contributed by atoms with Crippen LogP contribution in [0.5, 0.6) is 11.5 Å². The highest BCUT2D eigenvalue weighted by molar-refractivity contribution is 6.12. The number of phenols is 2. The van der Waals surface area contributed by atoms with Gasteiger partial charge in [0.25, 0.3) is 0 Å². The van der Waals surface area contributed by atoms with E-state index in [1.807, 2.05) is 12.1 Å². The number of phenolic OH excluding ortho intramolecular Hbond substituents is 2. The van der Waals surface area contributed by atoms with Crippen LogP contribution in [-0.2, 0) is 18.3 Å². The van der Waals surface area contributed by atoms with E-state index in [-0.39, 0.29) is 0 Å². The average molecular weight is 507 g/mol. The van der Waals surface area contributed by atoms with Crippen molar-refractivity contribution in [3.8, 4) is 11.5 Å². The molecule has 0 fully saturated rings. The molecule has 0 spiro atoms. The van der Waals surface area contributed by atoms with Gasteiger partial charge in [-0.05, 0) is 96.4 Å². The highest BCUT2D eigenvalue weighted by Gasteiger charge is 2.41. The molecule has 0 saturated carbocycles. The summed E-state index contributed by atoms with van der Waals surface area (Å²) >= 11 is 0. The fourth-order valence-electron chi connectivity index (χ4n) is 6.77. The molecule has 0 unspecified atom stereocenters. The molecule has 2 nitrogen and oxygen atoms in total. The Labute approximate surface area is 228 Å². The lowest BCUT2D eigenvalue weighted by Crippen LogP contribution is -2.36. The average Bonchev–Trinajstić information content (AvgIpc) is 3.39. The third-order valence-corrected chi connectivity index (χ3v) is 8.66. The Bertz CT molecular complexity index is 1950. The van der Waals surface area contributed by atoms with Gasteiger partial charge < -0.3 is 10.2 Å². The third-order valence-electron chi connectivity index (χ3n) is 8.66. The monoisotopic (exact) mass is 506 g/mol. The maximum absolute atomic E-state index is 10.6. The minimum Gasteiger partial charge on any atom is -0.508 e. The van der Waals surface area contributed by atoms with Crippen molar-refractivity contribution in [3.63, 3.8) is 0 Å². The van der Waals surface area contributed by atoms with Crippen LogP contribution in [-0.4, -0.2) is 10.2 Å². The Morgan fingerprint density at radius 1 is 0.641 bits per heavy atom. The van der Waals surface area contributed by atoms with Gasteiger partial charge in [-0.3, -0.25) is 0 Å². The zero-order chi connectivity index (χ0) is 26.7. The normalized spacial score (nSPS) is 15.2. The minimum atomic E-state index is -0.605. The molecule has 0 aromatic heterocycles. The summed E-state index contributed by atoms with van der Waals surface area (Å²) in [7, 11) is 0. The van der Waals surface area contributed by atoms with E-state index in [1.54, 1.807) is 0 Å². The summed E-state index contributed by atoms with van der Waals surface area (Å²) in [5, 5.41) is 28.8. The first-order valence-corrected chi connectivity index (χ1v) is 13.8. The lowest BCUT2D eigenvalue weighted by atomic mass is 9.64. The smallest absolute Gasteiger partial charge is 0.118 e. The van der Waals surface area contributed by atoms with Crippen LogP contribution in [0.25, 0.3) is 33.2 Å². The molecule has 0 radical (unpaired) electrons. The van der Waals surface area contributed by atoms with E-state index >= 15 is 0 Å². The second-order valence-corrected chi connectivity index (χ2v) is 10.6. The first-order chi connectivity index (χ1) is 19.1.